The third-order valence-electron chi connectivity index (χ3n) is 10.4. The second kappa shape index (κ2) is 18.8. The van der Waals surface area contributed by atoms with Crippen LogP contribution in [0, 0.1) is 102 Å². The number of pyridine rings is 1. The van der Waals surface area contributed by atoms with Crippen LogP contribution in [0.4, 0.5) is 52.7 Å². The number of halogens is 12. The number of ketones is 1. The number of alkyl halides is 3. The largest absolute Gasteiger partial charge is 0.506 e. The molecular formula is C47H22EuF12NO4PS. The summed E-state index contributed by atoms with van der Waals surface area (Å²) < 4.78 is 187. The molecule has 0 atom stereocenters. The Labute approximate surface area is 413 Å². The molecule has 9 rings (SSSR count). The van der Waals surface area contributed by atoms with Crippen LogP contribution in [-0.4, -0.2) is 21.6 Å². The number of carbonyl (C=O) groups is 1. The second-order valence-electron chi connectivity index (χ2n) is 14.2. The molecule has 0 spiro atoms. The summed E-state index contributed by atoms with van der Waals surface area (Å²) in [6, 6.07) is 37.3. The van der Waals surface area contributed by atoms with Crippen LogP contribution in [-0.2, 0) is 4.57 Å². The van der Waals surface area contributed by atoms with Gasteiger partial charge in [-0.2, -0.15) is 13.2 Å². The molecule has 7 aromatic carbocycles. The number of rotatable bonds is 6. The van der Waals surface area contributed by atoms with Gasteiger partial charge in [0, 0.05) is 86.1 Å². The van der Waals surface area contributed by atoms with Crippen molar-refractivity contribution in [2.45, 2.75) is 6.18 Å². The molecule has 0 aliphatic heterocycles. The molecular weight excluding hydrogens is 1090 g/mol. The van der Waals surface area contributed by atoms with Crippen LogP contribution in [0.1, 0.15) is 10.4 Å². The standard InChI is InChI=1S/C29H7F12NO3S.C18H15OP.Eu/c30-14-11(15(31)19(35)20(36)18(14)34)12-16(32)21(37)24(22(38)17(12)33)42-23-9(25(43)13(28(42)45)27(44)29(39,40)41)6-5-8-7-3-1-2-4-10(7)46-26(8)23;19-20(16-10-4-1-5-11-16,17-12-6-2-7-13-17)18-14-8-3-9-15-18;/h1-6,43H;1-15H;. The number of Topliss-reactive ketones (excluding diaryl/α,β-unsaturated/α-hetero) is 1. The van der Waals surface area contributed by atoms with E-state index in [1.54, 1.807) is 0 Å². The number of benzene rings is 7. The molecule has 20 heteroatoms. The average molecular weight is 1110 g/mol. The van der Waals surface area contributed by atoms with E-state index < -0.39 is 116 Å². The number of hydrogen-bond donors (Lipinski definition) is 1. The zero-order valence-corrected chi connectivity index (χ0v) is 37.1. The zero-order valence-electron chi connectivity index (χ0n) is 33.0. The zero-order chi connectivity index (χ0) is 47.6. The Morgan fingerprint density at radius 1 is 0.522 bits per heavy atom. The fourth-order valence-electron chi connectivity index (χ4n) is 7.42. The van der Waals surface area contributed by atoms with Gasteiger partial charge in [0.25, 0.3) is 11.3 Å². The number of thiophene rings is 1. The van der Waals surface area contributed by atoms with Crippen molar-refractivity contribution in [3.63, 3.8) is 0 Å². The van der Waals surface area contributed by atoms with Crippen molar-refractivity contribution in [2.24, 2.45) is 0 Å². The van der Waals surface area contributed by atoms with Crippen LogP contribution in [0.15, 0.2) is 132 Å². The fraction of sp³-hybridized carbons (Fsp3) is 0.0213. The molecule has 9 aromatic rings. The van der Waals surface area contributed by atoms with E-state index in [9.17, 15) is 54.4 Å². The third-order valence-corrected chi connectivity index (χ3v) is 14.7. The number of aromatic nitrogens is 1. The summed E-state index contributed by atoms with van der Waals surface area (Å²) >= 11 is 0.737. The minimum atomic E-state index is -5.88. The van der Waals surface area contributed by atoms with E-state index in [1.165, 1.54) is 30.3 Å². The van der Waals surface area contributed by atoms with Crippen molar-refractivity contribution < 1.29 is 117 Å². The molecule has 0 fully saturated rings. The van der Waals surface area contributed by atoms with Crippen LogP contribution in [0.5, 0.6) is 5.75 Å². The molecule has 1 N–H and O–H groups in total. The van der Waals surface area contributed by atoms with E-state index in [4.69, 9.17) is 0 Å². The Kier molecular flexibility index (Phi) is 13.9. The van der Waals surface area contributed by atoms with Gasteiger partial charge in [0.1, 0.15) is 17.0 Å². The molecule has 0 saturated carbocycles. The summed E-state index contributed by atoms with van der Waals surface area (Å²) in [5.74, 6) is -29.9. The van der Waals surface area contributed by atoms with E-state index in [-0.39, 0.29) is 64.0 Å². The molecule has 0 unspecified atom stereocenters. The molecule has 0 saturated heterocycles. The first kappa shape index (κ1) is 49.3. The van der Waals surface area contributed by atoms with Gasteiger partial charge < -0.3 is 9.67 Å². The topological polar surface area (TPSA) is 76.4 Å². The van der Waals surface area contributed by atoms with Gasteiger partial charge in [-0.15, -0.1) is 11.3 Å². The van der Waals surface area contributed by atoms with Crippen molar-refractivity contribution >= 4 is 71.3 Å². The van der Waals surface area contributed by atoms with E-state index in [0.717, 1.165) is 33.3 Å². The monoisotopic (exact) mass is 1110 g/mol. The Hall–Kier alpha value is -5.59. The minimum Gasteiger partial charge on any atom is -0.506 e. The summed E-state index contributed by atoms with van der Waals surface area (Å²) in [5.41, 5.74) is -12.4. The summed E-state index contributed by atoms with van der Waals surface area (Å²) in [4.78, 5) is 25.7. The fourth-order valence-corrected chi connectivity index (χ4v) is 11.3. The number of carbonyl (C=O) groups excluding carboxylic acids is 1. The summed E-state index contributed by atoms with van der Waals surface area (Å²) in [7, 11) is -2.78. The van der Waals surface area contributed by atoms with Crippen molar-refractivity contribution in [3.8, 4) is 22.6 Å². The van der Waals surface area contributed by atoms with Gasteiger partial charge in [-0.25, -0.2) is 39.5 Å². The molecule has 5 nitrogen and oxygen atoms in total. The van der Waals surface area contributed by atoms with Crippen molar-refractivity contribution in [3.05, 3.63) is 196 Å². The van der Waals surface area contributed by atoms with E-state index in [1.807, 2.05) is 91.0 Å². The van der Waals surface area contributed by atoms with Crippen LogP contribution in [0.25, 0.3) is 47.9 Å². The van der Waals surface area contributed by atoms with E-state index in [0.29, 0.717) is 10.1 Å². The van der Waals surface area contributed by atoms with E-state index in [2.05, 4.69) is 0 Å². The maximum atomic E-state index is 15.8. The maximum Gasteiger partial charge on any atom is 0.455 e. The van der Waals surface area contributed by atoms with Crippen molar-refractivity contribution in [1.29, 1.82) is 0 Å². The summed E-state index contributed by atoms with van der Waals surface area (Å²) in [6.07, 6.45) is -5.88. The molecule has 0 amide bonds. The van der Waals surface area contributed by atoms with Gasteiger partial charge in [0.05, 0.1) is 21.3 Å². The van der Waals surface area contributed by atoms with E-state index >= 15 is 17.6 Å². The van der Waals surface area contributed by atoms with Gasteiger partial charge >= 0.3 is 6.18 Å². The molecule has 0 aliphatic rings. The molecule has 2 aromatic heterocycles. The van der Waals surface area contributed by atoms with Crippen LogP contribution < -0.4 is 21.5 Å². The first-order valence-electron chi connectivity index (χ1n) is 18.8. The van der Waals surface area contributed by atoms with Gasteiger partial charge in [0.15, 0.2) is 53.7 Å². The quantitative estimate of drug-likeness (QED) is 0.0592. The molecule has 1 radical (unpaired) electrons. The van der Waals surface area contributed by atoms with Gasteiger partial charge in [0.2, 0.25) is 5.82 Å². The minimum absolute atomic E-state index is 0. The molecule has 341 valence electrons. The molecule has 0 bridgehead atoms. The first-order valence-corrected chi connectivity index (χ1v) is 21.3. The predicted molar refractivity (Wildman–Crippen MR) is 225 cm³/mol. The Balaban J connectivity index is 0.000000264. The number of aromatic hydroxyl groups is 1. The maximum absolute atomic E-state index is 15.8. The predicted octanol–water partition coefficient (Wildman–Crippen LogP) is 12.1. The molecule has 67 heavy (non-hydrogen) atoms. The van der Waals surface area contributed by atoms with Crippen LogP contribution in [0.3, 0.4) is 0 Å². The van der Waals surface area contributed by atoms with Crippen molar-refractivity contribution in [2.75, 3.05) is 0 Å². The van der Waals surface area contributed by atoms with Crippen molar-refractivity contribution in [1.82, 2.24) is 4.57 Å². The SMILES string of the molecule is O=C(c1c(O)c2ccc3c4ccccc4sc3c2n(-c2c(F)c(F)c(-c3c(F)c(F)c(F)c(F)c3F)c(F)c2F)c1=O)C(F)(F)F.O=P(c1ccccc1)(c1ccccc1)c1ccccc1.[Eu]. The molecule has 0 aliphatic carbocycles. The number of nitrogens with zero attached hydrogens (tertiary/aromatic N) is 1. The third kappa shape index (κ3) is 8.21. The Morgan fingerprint density at radius 2 is 0.910 bits per heavy atom. The number of fused-ring (bicyclic) bond motifs is 5. The first-order chi connectivity index (χ1) is 31.3. The van der Waals surface area contributed by atoms with Gasteiger partial charge in [-0.05, 0) is 12.1 Å². The second-order valence-corrected chi connectivity index (χ2v) is 18.0. The Morgan fingerprint density at radius 3 is 1.36 bits per heavy atom. The van der Waals surface area contributed by atoms with Crippen LogP contribution in [0.2, 0.25) is 0 Å². The summed E-state index contributed by atoms with van der Waals surface area (Å²) in [6.45, 7) is 0. The van der Waals surface area contributed by atoms with Gasteiger partial charge in [-0.1, -0.05) is 115 Å². The Bertz CT molecular complexity index is 3390. The summed E-state index contributed by atoms with van der Waals surface area (Å²) in [5, 5.41) is 13.0. The number of hydrogen-bond acceptors (Lipinski definition) is 5. The average Bonchev–Trinajstić information content (AvgIpc) is 3.71. The van der Waals surface area contributed by atoms with Crippen LogP contribution >= 0.6 is 18.5 Å². The smallest absolute Gasteiger partial charge is 0.455 e. The van der Waals surface area contributed by atoms with Gasteiger partial charge in [-0.3, -0.25) is 14.2 Å². The normalized spacial score (nSPS) is 11.7. The molecule has 2 heterocycles.